The quantitative estimate of drug-likeness (QED) is 0.483. The van der Waals surface area contributed by atoms with Crippen molar-refractivity contribution in [1.29, 1.82) is 0 Å². The van der Waals surface area contributed by atoms with Gasteiger partial charge in [0, 0.05) is 23.2 Å². The number of fused-ring (bicyclic) bond motifs is 1. The lowest BCUT2D eigenvalue weighted by atomic mass is 10.1. The van der Waals surface area contributed by atoms with Gasteiger partial charge in [0.1, 0.15) is 10.8 Å². The van der Waals surface area contributed by atoms with Gasteiger partial charge in [-0.15, -0.1) is 0 Å². The predicted octanol–water partition coefficient (Wildman–Crippen LogP) is 3.96. The monoisotopic (exact) mass is 426 g/mol. The van der Waals surface area contributed by atoms with Gasteiger partial charge in [-0.2, -0.15) is 0 Å². The van der Waals surface area contributed by atoms with Crippen LogP contribution in [0.15, 0.2) is 64.5 Å². The van der Waals surface area contributed by atoms with Crippen LogP contribution < -0.4 is 10.2 Å². The Morgan fingerprint density at radius 2 is 1.83 bits per heavy atom. The number of benzene rings is 2. The number of hydrogen-bond acceptors (Lipinski definition) is 3. The van der Waals surface area contributed by atoms with E-state index in [1.807, 2.05) is 30.3 Å². The minimum absolute atomic E-state index is 0.0826. The fourth-order valence-corrected chi connectivity index (χ4v) is 4.14. The Morgan fingerprint density at radius 3 is 2.60 bits per heavy atom. The van der Waals surface area contributed by atoms with Gasteiger partial charge < -0.3 is 10.2 Å². The molecule has 1 atom stereocenters. The maximum Gasteiger partial charge on any atom is 0.252 e. The molecular formula is C24H29FN3OS+. The van der Waals surface area contributed by atoms with Gasteiger partial charge in [0.25, 0.3) is 5.91 Å². The molecule has 0 aliphatic heterocycles. The standard InChI is InChI=1S/C24H28FN3OS/c1-3-4-15-28(2)16-7-14-26-24(29)21-17-23(27-22-9-6-5-8-20(21)22)30-19-12-10-18(25)11-13-19/h5-6,8-13,17H,3-4,7,14-16H2,1-2H3,(H,26,29)/p+1. The summed E-state index contributed by atoms with van der Waals surface area (Å²) >= 11 is 1.42. The highest BCUT2D eigenvalue weighted by Gasteiger charge is 2.14. The highest BCUT2D eigenvalue weighted by atomic mass is 32.2. The summed E-state index contributed by atoms with van der Waals surface area (Å²) in [6.07, 6.45) is 3.39. The molecule has 3 rings (SSSR count). The summed E-state index contributed by atoms with van der Waals surface area (Å²) < 4.78 is 13.2. The highest BCUT2D eigenvalue weighted by Crippen LogP contribution is 2.29. The fourth-order valence-electron chi connectivity index (χ4n) is 3.31. The van der Waals surface area contributed by atoms with Crippen LogP contribution in [0, 0.1) is 5.82 Å². The number of hydrogen-bond donors (Lipinski definition) is 2. The minimum atomic E-state index is -0.270. The van der Waals surface area contributed by atoms with E-state index in [4.69, 9.17) is 0 Å². The maximum atomic E-state index is 13.2. The summed E-state index contributed by atoms with van der Waals surface area (Å²) in [6, 6.07) is 15.8. The van der Waals surface area contributed by atoms with Gasteiger partial charge in [-0.25, -0.2) is 9.37 Å². The Balaban J connectivity index is 1.70. The van der Waals surface area contributed by atoms with Crippen LogP contribution in [-0.2, 0) is 0 Å². The SMILES string of the molecule is CCCC[NH+](C)CCCNC(=O)c1cc(Sc2ccc(F)cc2)nc2ccccc12. The predicted molar refractivity (Wildman–Crippen MR) is 121 cm³/mol. The summed E-state index contributed by atoms with van der Waals surface area (Å²) in [6.45, 7) is 5.07. The molecule has 158 valence electrons. The molecule has 6 heteroatoms. The summed E-state index contributed by atoms with van der Waals surface area (Å²) in [5, 5.41) is 4.62. The van der Waals surface area contributed by atoms with Crippen LogP contribution in [0.25, 0.3) is 10.9 Å². The van der Waals surface area contributed by atoms with E-state index < -0.39 is 0 Å². The third-order valence-electron chi connectivity index (χ3n) is 5.00. The second kappa shape index (κ2) is 11.1. The second-order valence-electron chi connectivity index (χ2n) is 7.50. The van der Waals surface area contributed by atoms with Crippen molar-refractivity contribution in [1.82, 2.24) is 10.3 Å². The van der Waals surface area contributed by atoms with E-state index in [1.54, 1.807) is 12.1 Å². The zero-order valence-corrected chi connectivity index (χ0v) is 18.4. The van der Waals surface area contributed by atoms with Gasteiger partial charge in [-0.3, -0.25) is 4.79 Å². The van der Waals surface area contributed by atoms with Crippen LogP contribution in [0.2, 0.25) is 0 Å². The first-order valence-electron chi connectivity index (χ1n) is 10.5. The molecule has 0 saturated heterocycles. The molecule has 0 fully saturated rings. The van der Waals surface area contributed by atoms with Crippen molar-refractivity contribution < 1.29 is 14.1 Å². The van der Waals surface area contributed by atoms with Crippen LogP contribution in [0.5, 0.6) is 0 Å². The average molecular weight is 427 g/mol. The molecule has 0 radical (unpaired) electrons. The first-order chi connectivity index (χ1) is 14.6. The smallest absolute Gasteiger partial charge is 0.252 e. The van der Waals surface area contributed by atoms with E-state index in [1.165, 1.54) is 48.2 Å². The molecule has 1 unspecified atom stereocenters. The number of aromatic nitrogens is 1. The lowest BCUT2D eigenvalue weighted by Crippen LogP contribution is -3.09. The van der Waals surface area contributed by atoms with Gasteiger partial charge in [0.05, 0.1) is 31.2 Å². The molecule has 1 aromatic heterocycles. The minimum Gasteiger partial charge on any atom is -0.352 e. The number of carbonyl (C=O) groups is 1. The van der Waals surface area contributed by atoms with Crippen LogP contribution in [0.3, 0.4) is 0 Å². The molecule has 2 aromatic carbocycles. The molecule has 2 N–H and O–H groups in total. The molecule has 0 aliphatic carbocycles. The number of carbonyl (C=O) groups excluding carboxylic acids is 1. The second-order valence-corrected chi connectivity index (χ2v) is 8.60. The summed E-state index contributed by atoms with van der Waals surface area (Å²) in [5.74, 6) is -0.353. The Hall–Kier alpha value is -2.44. The first kappa shape index (κ1) is 22.2. The van der Waals surface area contributed by atoms with E-state index in [-0.39, 0.29) is 11.7 Å². The lowest BCUT2D eigenvalue weighted by Gasteiger charge is -2.14. The van der Waals surface area contributed by atoms with Gasteiger partial charge in [0.2, 0.25) is 0 Å². The van der Waals surface area contributed by atoms with Crippen LogP contribution >= 0.6 is 11.8 Å². The number of rotatable bonds is 10. The average Bonchev–Trinajstić information content (AvgIpc) is 2.76. The molecule has 1 heterocycles. The number of nitrogens with zero attached hydrogens (tertiary/aromatic N) is 1. The van der Waals surface area contributed by atoms with Gasteiger partial charge in [-0.1, -0.05) is 43.3 Å². The molecule has 1 amide bonds. The summed E-state index contributed by atoms with van der Waals surface area (Å²) in [7, 11) is 2.20. The Kier molecular flexibility index (Phi) is 8.22. The van der Waals surface area contributed by atoms with Crippen molar-refractivity contribution in [2.75, 3.05) is 26.7 Å². The maximum absolute atomic E-state index is 13.2. The van der Waals surface area contributed by atoms with E-state index in [0.29, 0.717) is 17.1 Å². The summed E-state index contributed by atoms with van der Waals surface area (Å²) in [5.41, 5.74) is 1.40. The topological polar surface area (TPSA) is 46.4 Å². The zero-order chi connectivity index (χ0) is 21.3. The molecule has 0 spiro atoms. The van der Waals surface area contributed by atoms with Crippen molar-refractivity contribution in [3.63, 3.8) is 0 Å². The van der Waals surface area contributed by atoms with Crippen molar-refractivity contribution in [3.8, 4) is 0 Å². The van der Waals surface area contributed by atoms with Gasteiger partial charge in [-0.05, 0) is 42.8 Å². The van der Waals surface area contributed by atoms with Crippen LogP contribution in [0.1, 0.15) is 36.5 Å². The zero-order valence-electron chi connectivity index (χ0n) is 17.6. The number of nitrogens with one attached hydrogen (secondary N) is 2. The molecule has 0 bridgehead atoms. The van der Waals surface area contributed by atoms with Crippen LogP contribution in [0.4, 0.5) is 4.39 Å². The lowest BCUT2D eigenvalue weighted by molar-refractivity contribution is -0.879. The normalized spacial score (nSPS) is 12.1. The number of para-hydroxylation sites is 1. The van der Waals surface area contributed by atoms with Crippen molar-refractivity contribution >= 4 is 28.6 Å². The van der Waals surface area contributed by atoms with E-state index >= 15 is 0 Å². The van der Waals surface area contributed by atoms with E-state index in [0.717, 1.165) is 28.8 Å². The molecular weight excluding hydrogens is 397 g/mol. The third-order valence-corrected chi connectivity index (χ3v) is 5.92. The Morgan fingerprint density at radius 1 is 1.10 bits per heavy atom. The third kappa shape index (κ3) is 6.28. The van der Waals surface area contributed by atoms with E-state index in [9.17, 15) is 9.18 Å². The fraction of sp³-hybridized carbons (Fsp3) is 0.333. The molecule has 30 heavy (non-hydrogen) atoms. The van der Waals surface area contributed by atoms with Crippen molar-refractivity contribution in [2.24, 2.45) is 0 Å². The molecule has 0 saturated carbocycles. The molecule has 0 aliphatic rings. The number of unbranched alkanes of at least 4 members (excludes halogenated alkanes) is 1. The van der Waals surface area contributed by atoms with Crippen LogP contribution in [-0.4, -0.2) is 37.6 Å². The van der Waals surface area contributed by atoms with Gasteiger partial charge >= 0.3 is 0 Å². The van der Waals surface area contributed by atoms with Crippen molar-refractivity contribution in [2.45, 2.75) is 36.1 Å². The number of pyridine rings is 1. The summed E-state index contributed by atoms with van der Waals surface area (Å²) in [4.78, 5) is 20.0. The highest BCUT2D eigenvalue weighted by molar-refractivity contribution is 7.99. The molecule has 3 aromatic rings. The largest absolute Gasteiger partial charge is 0.352 e. The van der Waals surface area contributed by atoms with Gasteiger partial charge in [0.15, 0.2) is 0 Å². The number of amides is 1. The Labute approximate surface area is 181 Å². The van der Waals surface area contributed by atoms with E-state index in [2.05, 4.69) is 24.3 Å². The van der Waals surface area contributed by atoms with Crippen molar-refractivity contribution in [3.05, 3.63) is 66.0 Å². The number of quaternary nitrogens is 1. The molecule has 4 nitrogen and oxygen atoms in total. The number of halogens is 1. The first-order valence-corrected chi connectivity index (χ1v) is 11.3. The Bertz CT molecular complexity index is 978.